The molecule has 25 heavy (non-hydrogen) atoms. The fourth-order valence-electron chi connectivity index (χ4n) is 3.14. The summed E-state index contributed by atoms with van der Waals surface area (Å²) >= 11 is 0. The second-order valence-corrected chi connectivity index (χ2v) is 6.21. The van der Waals surface area contributed by atoms with Gasteiger partial charge in [-0.1, -0.05) is 0 Å². The Morgan fingerprint density at radius 2 is 1.96 bits per heavy atom. The van der Waals surface area contributed by atoms with Crippen LogP contribution in [0.25, 0.3) is 0 Å². The molecule has 6 heteroatoms. The second-order valence-electron chi connectivity index (χ2n) is 6.21. The Morgan fingerprint density at radius 1 is 1.20 bits per heavy atom. The number of aliphatic hydroxyl groups is 1. The summed E-state index contributed by atoms with van der Waals surface area (Å²) in [7, 11) is 3.30. The lowest BCUT2D eigenvalue weighted by Gasteiger charge is -2.30. The number of furan rings is 1. The number of hydrogen-bond acceptors (Lipinski definition) is 6. The van der Waals surface area contributed by atoms with Gasteiger partial charge in [-0.05, 0) is 41.8 Å². The zero-order valence-corrected chi connectivity index (χ0v) is 14.7. The predicted molar refractivity (Wildman–Crippen MR) is 92.9 cm³/mol. The van der Waals surface area contributed by atoms with E-state index in [0.29, 0.717) is 13.2 Å². The van der Waals surface area contributed by atoms with Crippen LogP contribution in [0.5, 0.6) is 11.5 Å². The van der Waals surface area contributed by atoms with Crippen molar-refractivity contribution in [1.82, 2.24) is 4.90 Å². The number of fused-ring (bicyclic) bond motifs is 1. The minimum Gasteiger partial charge on any atom is -0.493 e. The van der Waals surface area contributed by atoms with Crippen LogP contribution in [0.15, 0.2) is 34.9 Å². The van der Waals surface area contributed by atoms with Gasteiger partial charge in [0, 0.05) is 19.6 Å². The molecule has 0 saturated carbocycles. The third-order valence-electron chi connectivity index (χ3n) is 4.40. The quantitative estimate of drug-likeness (QED) is 0.790. The van der Waals surface area contributed by atoms with Crippen LogP contribution in [0.2, 0.25) is 0 Å². The Bertz CT molecular complexity index is 671. The third-order valence-corrected chi connectivity index (χ3v) is 4.40. The summed E-state index contributed by atoms with van der Waals surface area (Å²) in [5, 5.41) is 10.2. The largest absolute Gasteiger partial charge is 0.493 e. The van der Waals surface area contributed by atoms with Crippen LogP contribution < -0.4 is 9.47 Å². The number of hydrogen-bond donors (Lipinski definition) is 1. The molecule has 136 valence electrons. The molecule has 0 spiro atoms. The maximum atomic E-state index is 10.2. The van der Waals surface area contributed by atoms with Gasteiger partial charge in [0.1, 0.15) is 12.4 Å². The molecule has 1 N–H and O–H groups in total. The van der Waals surface area contributed by atoms with Gasteiger partial charge in [-0.2, -0.15) is 0 Å². The molecule has 3 rings (SSSR count). The Labute approximate surface area is 147 Å². The fraction of sp³-hybridized carbons (Fsp3) is 0.474. The first-order valence-corrected chi connectivity index (χ1v) is 8.44. The number of rotatable bonds is 8. The molecule has 0 aliphatic carbocycles. The van der Waals surface area contributed by atoms with Crippen molar-refractivity contribution in [1.29, 1.82) is 0 Å². The van der Waals surface area contributed by atoms with Crippen molar-refractivity contribution in [3.05, 3.63) is 47.4 Å². The Kier molecular flexibility index (Phi) is 5.96. The molecule has 2 aromatic rings. The number of β-amino-alcohol motifs (C(OH)–C–C–N with tert-alkyl or cyclic N) is 1. The SMILES string of the molecule is COc1cc2c(cc1OC)CN(CC(O)COCc1ccco1)CC2. The first-order chi connectivity index (χ1) is 12.2. The van der Waals surface area contributed by atoms with Crippen molar-refractivity contribution in [3.8, 4) is 11.5 Å². The van der Waals surface area contributed by atoms with Crippen molar-refractivity contribution >= 4 is 0 Å². The summed E-state index contributed by atoms with van der Waals surface area (Å²) in [6.45, 7) is 2.93. The van der Waals surface area contributed by atoms with E-state index in [9.17, 15) is 5.11 Å². The maximum absolute atomic E-state index is 10.2. The van der Waals surface area contributed by atoms with Crippen molar-refractivity contribution in [3.63, 3.8) is 0 Å². The molecule has 2 heterocycles. The second kappa shape index (κ2) is 8.38. The maximum Gasteiger partial charge on any atom is 0.161 e. The zero-order valence-electron chi connectivity index (χ0n) is 14.7. The van der Waals surface area contributed by atoms with E-state index in [4.69, 9.17) is 18.6 Å². The highest BCUT2D eigenvalue weighted by molar-refractivity contribution is 5.48. The van der Waals surface area contributed by atoms with Crippen LogP contribution in [0.4, 0.5) is 0 Å². The van der Waals surface area contributed by atoms with Gasteiger partial charge < -0.3 is 23.7 Å². The summed E-state index contributed by atoms with van der Waals surface area (Å²) in [4.78, 5) is 2.23. The molecule has 1 aliphatic heterocycles. The topological polar surface area (TPSA) is 64.3 Å². The summed E-state index contributed by atoms with van der Waals surface area (Å²) in [5.74, 6) is 2.27. The molecule has 1 atom stereocenters. The minimum atomic E-state index is -0.531. The van der Waals surface area contributed by atoms with E-state index in [1.807, 2.05) is 18.2 Å². The van der Waals surface area contributed by atoms with E-state index >= 15 is 0 Å². The van der Waals surface area contributed by atoms with Gasteiger partial charge in [-0.25, -0.2) is 0 Å². The van der Waals surface area contributed by atoms with Gasteiger partial charge in [0.25, 0.3) is 0 Å². The molecule has 1 unspecified atom stereocenters. The number of benzene rings is 1. The average molecular weight is 347 g/mol. The molecule has 1 aliphatic rings. The van der Waals surface area contributed by atoms with Crippen molar-refractivity contribution in [2.75, 3.05) is 33.9 Å². The lowest BCUT2D eigenvalue weighted by Crippen LogP contribution is -2.38. The lowest BCUT2D eigenvalue weighted by atomic mass is 9.98. The molecule has 1 aromatic carbocycles. The Hall–Kier alpha value is -2.02. The van der Waals surface area contributed by atoms with Crippen LogP contribution in [0.3, 0.4) is 0 Å². The van der Waals surface area contributed by atoms with Crippen LogP contribution >= 0.6 is 0 Å². The summed E-state index contributed by atoms with van der Waals surface area (Å²) in [5.41, 5.74) is 2.49. The Morgan fingerprint density at radius 3 is 2.64 bits per heavy atom. The summed E-state index contributed by atoms with van der Waals surface area (Å²) < 4.78 is 21.5. The van der Waals surface area contributed by atoms with Gasteiger partial charge in [-0.3, -0.25) is 4.90 Å². The van der Waals surface area contributed by atoms with Gasteiger partial charge in [0.05, 0.1) is 33.2 Å². The highest BCUT2D eigenvalue weighted by Crippen LogP contribution is 2.33. The fourth-order valence-corrected chi connectivity index (χ4v) is 3.14. The highest BCUT2D eigenvalue weighted by atomic mass is 16.5. The predicted octanol–water partition coefficient (Wildman–Crippen LogP) is 2.23. The lowest BCUT2D eigenvalue weighted by molar-refractivity contribution is 0.00310. The van der Waals surface area contributed by atoms with Crippen molar-refractivity contribution < 1.29 is 23.7 Å². The summed E-state index contributed by atoms with van der Waals surface area (Å²) in [6, 6.07) is 7.76. The van der Waals surface area contributed by atoms with Crippen LogP contribution in [0.1, 0.15) is 16.9 Å². The van der Waals surface area contributed by atoms with Gasteiger partial charge in [0.2, 0.25) is 0 Å². The first kappa shape index (κ1) is 17.8. The summed E-state index contributed by atoms with van der Waals surface area (Å²) in [6.07, 6.45) is 2.01. The normalized spacial score (nSPS) is 15.6. The van der Waals surface area contributed by atoms with Crippen molar-refractivity contribution in [2.45, 2.75) is 25.7 Å². The van der Waals surface area contributed by atoms with Crippen molar-refractivity contribution in [2.24, 2.45) is 0 Å². The van der Waals surface area contributed by atoms with Gasteiger partial charge in [0.15, 0.2) is 11.5 Å². The molecule has 6 nitrogen and oxygen atoms in total. The van der Waals surface area contributed by atoms with E-state index in [0.717, 1.165) is 36.8 Å². The molecule has 0 saturated heterocycles. The smallest absolute Gasteiger partial charge is 0.161 e. The van der Waals surface area contributed by atoms with Crippen LogP contribution in [-0.4, -0.2) is 50.0 Å². The molecule has 0 bridgehead atoms. The third kappa shape index (κ3) is 4.54. The monoisotopic (exact) mass is 347 g/mol. The van der Waals surface area contributed by atoms with E-state index in [1.54, 1.807) is 20.5 Å². The van der Waals surface area contributed by atoms with Gasteiger partial charge >= 0.3 is 0 Å². The first-order valence-electron chi connectivity index (χ1n) is 8.44. The van der Waals surface area contributed by atoms with Crippen LogP contribution in [0, 0.1) is 0 Å². The van der Waals surface area contributed by atoms with E-state index in [2.05, 4.69) is 11.0 Å². The van der Waals surface area contributed by atoms with E-state index in [-0.39, 0.29) is 6.61 Å². The molecular formula is C19H25NO5. The average Bonchev–Trinajstić information content (AvgIpc) is 3.13. The molecule has 0 amide bonds. The number of methoxy groups -OCH3 is 2. The number of ether oxygens (including phenoxy) is 3. The van der Waals surface area contributed by atoms with Crippen LogP contribution in [-0.2, 0) is 24.3 Å². The van der Waals surface area contributed by atoms with E-state index < -0.39 is 6.10 Å². The molecular weight excluding hydrogens is 322 g/mol. The minimum absolute atomic E-state index is 0.288. The standard InChI is InChI=1S/C19H25NO5/c1-22-18-8-14-5-6-20(10-15(14)9-19(18)23-2)11-16(21)12-24-13-17-4-3-7-25-17/h3-4,7-9,16,21H,5-6,10-13H2,1-2H3. The zero-order chi connectivity index (χ0) is 17.6. The highest BCUT2D eigenvalue weighted by Gasteiger charge is 2.21. The number of nitrogens with zero attached hydrogens (tertiary/aromatic N) is 1. The Balaban J connectivity index is 1.51. The molecule has 0 fully saturated rings. The number of aliphatic hydroxyl groups excluding tert-OH is 1. The van der Waals surface area contributed by atoms with E-state index in [1.165, 1.54) is 11.1 Å². The molecule has 0 radical (unpaired) electrons. The molecule has 1 aromatic heterocycles. The van der Waals surface area contributed by atoms with Gasteiger partial charge in [-0.15, -0.1) is 0 Å².